The van der Waals surface area contributed by atoms with Crippen LogP contribution in [0.1, 0.15) is 18.0 Å². The second kappa shape index (κ2) is 5.80. The van der Waals surface area contributed by atoms with Crippen molar-refractivity contribution in [2.24, 2.45) is 0 Å². The maximum atomic E-state index is 3.73. The van der Waals surface area contributed by atoms with Gasteiger partial charge in [0.15, 0.2) is 0 Å². The van der Waals surface area contributed by atoms with Crippen LogP contribution in [0.2, 0.25) is 0 Å². The molecule has 2 aromatic carbocycles. The molecule has 3 heteroatoms. The Morgan fingerprint density at radius 1 is 1.05 bits per heavy atom. The van der Waals surface area contributed by atoms with Gasteiger partial charge in [-0.15, -0.1) is 11.8 Å². The predicted molar refractivity (Wildman–Crippen MR) is 88.9 cm³/mol. The number of benzene rings is 2. The number of nitrogens with one attached hydrogen (secondary N) is 1. The van der Waals surface area contributed by atoms with E-state index in [0.29, 0.717) is 6.04 Å². The summed E-state index contributed by atoms with van der Waals surface area (Å²) < 4.78 is 0. The van der Waals surface area contributed by atoms with Crippen LogP contribution in [-0.2, 0) is 0 Å². The average Bonchev–Trinajstić information content (AvgIpc) is 2.48. The quantitative estimate of drug-likeness (QED) is 0.899. The van der Waals surface area contributed by atoms with Gasteiger partial charge in [0.05, 0.1) is 17.4 Å². The molecule has 1 N–H and O–H groups in total. The Bertz CT molecular complexity index is 595. The van der Waals surface area contributed by atoms with E-state index in [1.807, 2.05) is 11.8 Å². The Balaban J connectivity index is 1.90. The third kappa shape index (κ3) is 2.63. The lowest BCUT2D eigenvalue weighted by atomic mass is 10.0. The molecule has 0 bridgehead atoms. The Kier molecular flexibility index (Phi) is 3.88. The van der Waals surface area contributed by atoms with Crippen LogP contribution in [0.15, 0.2) is 53.4 Å². The molecule has 0 saturated heterocycles. The van der Waals surface area contributed by atoms with Crippen LogP contribution in [0.3, 0.4) is 0 Å². The van der Waals surface area contributed by atoms with E-state index in [-0.39, 0.29) is 0 Å². The second-order valence-electron chi connectivity index (χ2n) is 5.28. The molecule has 0 aromatic heterocycles. The first-order chi connectivity index (χ1) is 9.75. The first-order valence-corrected chi connectivity index (χ1v) is 7.99. The van der Waals surface area contributed by atoms with E-state index in [9.17, 15) is 0 Å². The monoisotopic (exact) mass is 284 g/mol. The summed E-state index contributed by atoms with van der Waals surface area (Å²) >= 11 is 1.96. The molecular formula is C17H20N2S. The van der Waals surface area contributed by atoms with Gasteiger partial charge in [-0.3, -0.25) is 0 Å². The zero-order valence-electron chi connectivity index (χ0n) is 12.0. The standard InChI is InChI=1S/C17H20N2S/c1-19(2)16-9-5-4-8-15(16)18-14-11-12-20-17-10-6-3-7-13(14)17/h3-10,14,18H,11-12H2,1-2H3. The minimum absolute atomic E-state index is 0.411. The van der Waals surface area contributed by atoms with E-state index < -0.39 is 0 Å². The van der Waals surface area contributed by atoms with Gasteiger partial charge in [0.25, 0.3) is 0 Å². The summed E-state index contributed by atoms with van der Waals surface area (Å²) in [5.41, 5.74) is 3.88. The molecular weight excluding hydrogens is 264 g/mol. The van der Waals surface area contributed by atoms with Gasteiger partial charge in [-0.1, -0.05) is 30.3 Å². The van der Waals surface area contributed by atoms with E-state index in [0.717, 1.165) is 0 Å². The van der Waals surface area contributed by atoms with Crippen molar-refractivity contribution >= 4 is 23.1 Å². The van der Waals surface area contributed by atoms with E-state index in [4.69, 9.17) is 0 Å². The molecule has 1 heterocycles. The first-order valence-electron chi connectivity index (χ1n) is 7.00. The van der Waals surface area contributed by atoms with E-state index in [1.54, 1.807) is 0 Å². The highest BCUT2D eigenvalue weighted by Crippen LogP contribution is 2.39. The first kappa shape index (κ1) is 13.4. The number of hydrogen-bond donors (Lipinski definition) is 1. The van der Waals surface area contributed by atoms with Crippen molar-refractivity contribution in [2.45, 2.75) is 17.4 Å². The third-order valence-electron chi connectivity index (χ3n) is 3.67. The smallest absolute Gasteiger partial charge is 0.0596 e. The predicted octanol–water partition coefficient (Wildman–Crippen LogP) is 4.40. The van der Waals surface area contributed by atoms with Gasteiger partial charge >= 0.3 is 0 Å². The molecule has 2 nitrogen and oxygen atoms in total. The third-order valence-corrected chi connectivity index (χ3v) is 4.80. The molecule has 0 saturated carbocycles. The number of para-hydroxylation sites is 2. The zero-order valence-corrected chi connectivity index (χ0v) is 12.8. The van der Waals surface area contributed by atoms with Crippen LogP contribution in [0.25, 0.3) is 0 Å². The fourth-order valence-corrected chi connectivity index (χ4v) is 3.79. The number of fused-ring (bicyclic) bond motifs is 1. The van der Waals surface area contributed by atoms with Crippen molar-refractivity contribution in [3.8, 4) is 0 Å². The highest BCUT2D eigenvalue weighted by Gasteiger charge is 2.20. The molecule has 0 radical (unpaired) electrons. The largest absolute Gasteiger partial charge is 0.376 e. The molecule has 1 unspecified atom stereocenters. The summed E-state index contributed by atoms with van der Waals surface area (Å²) in [6.45, 7) is 0. The SMILES string of the molecule is CN(C)c1ccccc1NC1CCSc2ccccc21. The summed E-state index contributed by atoms with van der Waals surface area (Å²) in [6.07, 6.45) is 1.17. The summed E-state index contributed by atoms with van der Waals surface area (Å²) in [4.78, 5) is 3.57. The molecule has 0 fully saturated rings. The van der Waals surface area contributed by atoms with Crippen LogP contribution in [0.5, 0.6) is 0 Å². The minimum Gasteiger partial charge on any atom is -0.376 e. The summed E-state index contributed by atoms with van der Waals surface area (Å²) in [5, 5.41) is 3.73. The average molecular weight is 284 g/mol. The van der Waals surface area contributed by atoms with Gasteiger partial charge in [-0.2, -0.15) is 0 Å². The fraction of sp³-hybridized carbons (Fsp3) is 0.294. The molecule has 1 atom stereocenters. The number of rotatable bonds is 3. The number of hydrogen-bond acceptors (Lipinski definition) is 3. The Morgan fingerprint density at radius 2 is 1.80 bits per heavy atom. The molecule has 3 rings (SSSR count). The van der Waals surface area contributed by atoms with Crippen LogP contribution in [0.4, 0.5) is 11.4 Å². The van der Waals surface area contributed by atoms with Crippen LogP contribution in [0, 0.1) is 0 Å². The topological polar surface area (TPSA) is 15.3 Å². The Morgan fingerprint density at radius 3 is 2.65 bits per heavy atom. The molecule has 104 valence electrons. The summed E-state index contributed by atoms with van der Waals surface area (Å²) in [7, 11) is 4.18. The summed E-state index contributed by atoms with van der Waals surface area (Å²) in [5.74, 6) is 1.18. The van der Waals surface area contributed by atoms with Gasteiger partial charge in [0.1, 0.15) is 0 Å². The summed E-state index contributed by atoms with van der Waals surface area (Å²) in [6, 6.07) is 17.7. The van der Waals surface area contributed by atoms with Crippen molar-refractivity contribution in [1.29, 1.82) is 0 Å². The second-order valence-corrected chi connectivity index (χ2v) is 6.42. The highest BCUT2D eigenvalue weighted by atomic mass is 32.2. The van der Waals surface area contributed by atoms with Crippen LogP contribution < -0.4 is 10.2 Å². The van der Waals surface area contributed by atoms with Gasteiger partial charge in [-0.05, 0) is 30.2 Å². The van der Waals surface area contributed by atoms with Gasteiger partial charge in [0.2, 0.25) is 0 Å². The maximum Gasteiger partial charge on any atom is 0.0596 e. The normalized spacial score (nSPS) is 17.4. The van der Waals surface area contributed by atoms with Crippen LogP contribution in [-0.4, -0.2) is 19.8 Å². The number of nitrogens with zero attached hydrogens (tertiary/aromatic N) is 1. The van der Waals surface area contributed by atoms with Crippen molar-refractivity contribution < 1.29 is 0 Å². The van der Waals surface area contributed by atoms with Crippen molar-refractivity contribution in [3.05, 3.63) is 54.1 Å². The zero-order chi connectivity index (χ0) is 13.9. The van der Waals surface area contributed by atoms with Crippen LogP contribution >= 0.6 is 11.8 Å². The highest BCUT2D eigenvalue weighted by molar-refractivity contribution is 7.99. The van der Waals surface area contributed by atoms with Gasteiger partial charge < -0.3 is 10.2 Å². The van der Waals surface area contributed by atoms with Crippen molar-refractivity contribution in [1.82, 2.24) is 0 Å². The van der Waals surface area contributed by atoms with E-state index in [1.165, 1.54) is 34.0 Å². The number of thioether (sulfide) groups is 1. The van der Waals surface area contributed by atoms with Gasteiger partial charge in [-0.25, -0.2) is 0 Å². The lowest BCUT2D eigenvalue weighted by molar-refractivity contribution is 0.728. The Labute approximate surface area is 125 Å². The maximum absolute atomic E-state index is 3.73. The van der Waals surface area contributed by atoms with E-state index >= 15 is 0 Å². The Hall–Kier alpha value is -1.61. The molecule has 20 heavy (non-hydrogen) atoms. The molecule has 0 amide bonds. The lowest BCUT2D eigenvalue weighted by Gasteiger charge is -2.28. The number of anilines is 2. The lowest BCUT2D eigenvalue weighted by Crippen LogP contribution is -2.18. The van der Waals surface area contributed by atoms with Crippen molar-refractivity contribution in [3.63, 3.8) is 0 Å². The van der Waals surface area contributed by atoms with E-state index in [2.05, 4.69) is 72.8 Å². The molecule has 0 aliphatic carbocycles. The minimum atomic E-state index is 0.411. The van der Waals surface area contributed by atoms with Crippen molar-refractivity contribution in [2.75, 3.05) is 30.1 Å². The molecule has 0 spiro atoms. The fourth-order valence-electron chi connectivity index (χ4n) is 2.67. The molecule has 1 aliphatic heterocycles. The molecule has 2 aromatic rings. The van der Waals surface area contributed by atoms with Gasteiger partial charge in [0, 0.05) is 24.7 Å². The molecule has 1 aliphatic rings.